The van der Waals surface area contributed by atoms with Gasteiger partial charge in [0.05, 0.1) is 22.7 Å². The van der Waals surface area contributed by atoms with E-state index in [4.69, 9.17) is 23.2 Å². The van der Waals surface area contributed by atoms with Gasteiger partial charge in [-0.3, -0.25) is 0 Å². The van der Waals surface area contributed by atoms with Gasteiger partial charge >= 0.3 is 0 Å². The molecule has 0 spiro atoms. The Kier molecular flexibility index (Phi) is 6.17. The molecule has 0 saturated carbocycles. The van der Waals surface area contributed by atoms with Crippen LogP contribution in [-0.2, 0) is 12.8 Å². The number of hydrogen-bond donors (Lipinski definition) is 0. The number of halogens is 2. The summed E-state index contributed by atoms with van der Waals surface area (Å²) < 4.78 is 0. The lowest BCUT2D eigenvalue weighted by Crippen LogP contribution is -2.39. The molecule has 0 fully saturated rings. The molecular weight excluding hydrogens is 499 g/mol. The smallest absolute Gasteiger partial charge is 0.0779 e. The summed E-state index contributed by atoms with van der Waals surface area (Å²) in [6, 6.07) is 30.5. The van der Waals surface area contributed by atoms with Crippen molar-refractivity contribution in [1.29, 1.82) is 0 Å². The van der Waals surface area contributed by atoms with Crippen LogP contribution in [0.5, 0.6) is 0 Å². The first-order chi connectivity index (χ1) is 16.8. The molecule has 0 bridgehead atoms. The molecule has 2 heterocycles. The highest BCUT2D eigenvalue weighted by atomic mass is 35.5. The van der Waals surface area contributed by atoms with Crippen LogP contribution >= 0.6 is 46.7 Å². The second kappa shape index (κ2) is 9.43. The van der Waals surface area contributed by atoms with Crippen molar-refractivity contribution in [2.24, 2.45) is 0 Å². The van der Waals surface area contributed by atoms with Gasteiger partial charge in [-0.15, -0.1) is 23.2 Å². The minimum Gasteiger partial charge on any atom is -0.247 e. The standard InChI is InChI=1S/C28H22Cl2N2S2/c29-17-15-19-7-5-11-23-27(19)33-25-13-3-1-9-21(25)31(23)32-22-10-2-4-14-26(22)34-28-20(16-18-30)8-6-12-24(28)32/h1-14H,15-18H2. The van der Waals surface area contributed by atoms with Gasteiger partial charge in [0, 0.05) is 31.3 Å². The first-order valence-corrected chi connectivity index (χ1v) is 14.0. The summed E-state index contributed by atoms with van der Waals surface area (Å²) in [5.41, 5.74) is 7.29. The Morgan fingerprint density at radius 1 is 0.500 bits per heavy atom. The van der Waals surface area contributed by atoms with Gasteiger partial charge < -0.3 is 0 Å². The Labute approximate surface area is 218 Å². The average Bonchev–Trinajstić information content (AvgIpc) is 2.87. The molecule has 6 rings (SSSR count). The van der Waals surface area contributed by atoms with E-state index in [0.717, 1.165) is 12.8 Å². The van der Waals surface area contributed by atoms with E-state index in [1.165, 1.54) is 53.5 Å². The third kappa shape index (κ3) is 3.68. The first-order valence-electron chi connectivity index (χ1n) is 11.3. The van der Waals surface area contributed by atoms with E-state index in [-0.39, 0.29) is 0 Å². The van der Waals surface area contributed by atoms with Gasteiger partial charge in [-0.1, -0.05) is 72.1 Å². The summed E-state index contributed by atoms with van der Waals surface area (Å²) in [5.74, 6) is 1.21. The van der Waals surface area contributed by atoms with Gasteiger partial charge in [-0.2, -0.15) is 0 Å². The summed E-state index contributed by atoms with van der Waals surface area (Å²) in [6.45, 7) is 0. The highest BCUT2D eigenvalue weighted by Crippen LogP contribution is 2.56. The lowest BCUT2D eigenvalue weighted by atomic mass is 10.1. The van der Waals surface area contributed by atoms with Crippen molar-refractivity contribution in [2.45, 2.75) is 32.4 Å². The van der Waals surface area contributed by atoms with Crippen molar-refractivity contribution in [1.82, 2.24) is 0 Å². The summed E-state index contributed by atoms with van der Waals surface area (Å²) >= 11 is 16.1. The predicted molar refractivity (Wildman–Crippen MR) is 147 cm³/mol. The number of anilines is 4. The molecule has 0 aromatic heterocycles. The molecule has 0 N–H and O–H groups in total. The van der Waals surface area contributed by atoms with Gasteiger partial charge in [0.15, 0.2) is 0 Å². The third-order valence-electron chi connectivity index (χ3n) is 6.15. The molecule has 0 atom stereocenters. The van der Waals surface area contributed by atoms with Crippen LogP contribution in [0.2, 0.25) is 0 Å². The van der Waals surface area contributed by atoms with Crippen LogP contribution in [0.4, 0.5) is 22.7 Å². The normalized spacial score (nSPS) is 13.7. The quantitative estimate of drug-likeness (QED) is 0.242. The summed E-state index contributed by atoms with van der Waals surface area (Å²) in [5, 5.41) is 4.78. The number of hydrogen-bond acceptors (Lipinski definition) is 4. The second-order valence-electron chi connectivity index (χ2n) is 8.17. The molecule has 2 aliphatic heterocycles. The number of alkyl halides is 2. The van der Waals surface area contributed by atoms with Gasteiger partial charge in [0.1, 0.15) is 0 Å². The summed E-state index contributed by atoms with van der Waals surface area (Å²) in [7, 11) is 0. The van der Waals surface area contributed by atoms with E-state index in [9.17, 15) is 0 Å². The fourth-order valence-corrected chi connectivity index (χ4v) is 7.44. The predicted octanol–water partition coefficient (Wildman–Crippen LogP) is 9.07. The molecule has 0 unspecified atom stereocenters. The highest BCUT2D eigenvalue weighted by molar-refractivity contribution is 8.00. The van der Waals surface area contributed by atoms with Crippen molar-refractivity contribution in [3.05, 3.63) is 96.1 Å². The van der Waals surface area contributed by atoms with Crippen LogP contribution in [0.15, 0.2) is 105 Å². The van der Waals surface area contributed by atoms with Crippen molar-refractivity contribution in [3.8, 4) is 0 Å². The second-order valence-corrected chi connectivity index (χ2v) is 11.0. The lowest BCUT2D eigenvalue weighted by molar-refractivity contribution is 0.904. The van der Waals surface area contributed by atoms with E-state index in [2.05, 4.69) is 94.9 Å². The number of para-hydroxylation sites is 2. The fourth-order valence-electron chi connectivity index (χ4n) is 4.66. The Morgan fingerprint density at radius 3 is 1.35 bits per heavy atom. The molecule has 34 heavy (non-hydrogen) atoms. The zero-order valence-corrected chi connectivity index (χ0v) is 21.5. The molecular formula is C28H22Cl2N2S2. The van der Waals surface area contributed by atoms with Crippen LogP contribution in [-0.4, -0.2) is 11.8 Å². The van der Waals surface area contributed by atoms with E-state index in [1.807, 2.05) is 23.5 Å². The minimum absolute atomic E-state index is 0.604. The molecule has 0 saturated heterocycles. The van der Waals surface area contributed by atoms with Gasteiger partial charge in [0.25, 0.3) is 0 Å². The van der Waals surface area contributed by atoms with E-state index < -0.39 is 0 Å². The molecule has 0 aliphatic carbocycles. The van der Waals surface area contributed by atoms with Gasteiger partial charge in [-0.25, -0.2) is 10.0 Å². The largest absolute Gasteiger partial charge is 0.247 e. The monoisotopic (exact) mass is 520 g/mol. The number of rotatable bonds is 5. The average molecular weight is 522 g/mol. The molecule has 4 aromatic carbocycles. The maximum absolute atomic E-state index is 6.20. The maximum atomic E-state index is 6.20. The highest BCUT2D eigenvalue weighted by Gasteiger charge is 2.35. The maximum Gasteiger partial charge on any atom is 0.0779 e. The number of aryl methyl sites for hydroxylation is 2. The topological polar surface area (TPSA) is 6.48 Å². The molecule has 2 nitrogen and oxygen atoms in total. The molecule has 0 radical (unpaired) electrons. The summed E-state index contributed by atoms with van der Waals surface area (Å²) in [4.78, 5) is 5.03. The van der Waals surface area contributed by atoms with Crippen LogP contribution in [0.1, 0.15) is 11.1 Å². The number of benzene rings is 4. The van der Waals surface area contributed by atoms with Gasteiger partial charge in [-0.05, 0) is 60.4 Å². The van der Waals surface area contributed by atoms with Crippen LogP contribution in [0.3, 0.4) is 0 Å². The van der Waals surface area contributed by atoms with Crippen LogP contribution < -0.4 is 10.0 Å². The number of nitrogens with zero attached hydrogens (tertiary/aromatic N) is 2. The SMILES string of the molecule is ClCCc1cccc2c1Sc1ccccc1N2N1c2ccccc2Sc2c(CCCl)cccc21. The Hall–Kier alpha value is -2.24. The lowest BCUT2D eigenvalue weighted by Gasteiger charge is -2.45. The molecule has 0 amide bonds. The minimum atomic E-state index is 0.604. The Morgan fingerprint density at radius 2 is 0.912 bits per heavy atom. The van der Waals surface area contributed by atoms with E-state index >= 15 is 0 Å². The van der Waals surface area contributed by atoms with Gasteiger partial charge in [0.2, 0.25) is 0 Å². The zero-order valence-electron chi connectivity index (χ0n) is 18.4. The van der Waals surface area contributed by atoms with Crippen LogP contribution in [0.25, 0.3) is 0 Å². The van der Waals surface area contributed by atoms with Crippen LogP contribution in [0, 0.1) is 0 Å². The molecule has 170 valence electrons. The van der Waals surface area contributed by atoms with Crippen molar-refractivity contribution >= 4 is 69.5 Å². The van der Waals surface area contributed by atoms with E-state index in [1.54, 1.807) is 0 Å². The Balaban J connectivity index is 1.63. The number of hydrazine groups is 1. The number of fused-ring (bicyclic) bond motifs is 4. The summed E-state index contributed by atoms with van der Waals surface area (Å²) in [6.07, 6.45) is 1.69. The Bertz CT molecular complexity index is 1270. The van der Waals surface area contributed by atoms with Crippen molar-refractivity contribution < 1.29 is 0 Å². The molecule has 6 heteroatoms. The van der Waals surface area contributed by atoms with E-state index in [0.29, 0.717) is 11.8 Å². The fraction of sp³-hybridized carbons (Fsp3) is 0.143. The molecule has 2 aliphatic rings. The third-order valence-corrected chi connectivity index (χ3v) is 9.01. The first kappa shape index (κ1) is 22.2. The van der Waals surface area contributed by atoms with Crippen molar-refractivity contribution in [3.63, 3.8) is 0 Å². The molecule has 4 aromatic rings. The zero-order chi connectivity index (χ0) is 23.1. The van der Waals surface area contributed by atoms with Crippen molar-refractivity contribution in [2.75, 3.05) is 21.8 Å².